The molecule has 47 heavy (non-hydrogen) atoms. The van der Waals surface area contributed by atoms with E-state index in [0.717, 1.165) is 16.7 Å². The van der Waals surface area contributed by atoms with E-state index in [-0.39, 0.29) is 55.9 Å². The number of piperazine rings is 1. The number of carbonyl (C=O) groups excluding carboxylic acids is 3. The first-order valence-electron chi connectivity index (χ1n) is 15.3. The van der Waals surface area contributed by atoms with Gasteiger partial charge in [0.05, 0.1) is 31.0 Å². The van der Waals surface area contributed by atoms with Crippen LogP contribution in [-0.2, 0) is 29.1 Å². The molecule has 11 heteroatoms. The summed E-state index contributed by atoms with van der Waals surface area (Å²) >= 11 is 0. The minimum Gasteiger partial charge on any atom is -0.508 e. The minimum atomic E-state index is -0.953. The molecule has 4 aromatic rings. The van der Waals surface area contributed by atoms with Crippen LogP contribution in [0.5, 0.6) is 11.5 Å². The maximum atomic E-state index is 14.2. The molecule has 0 bridgehead atoms. The Labute approximate surface area is 273 Å². The number of amides is 4. The fourth-order valence-corrected chi connectivity index (χ4v) is 5.49. The second-order valence-electron chi connectivity index (χ2n) is 11.2. The lowest BCUT2D eigenvalue weighted by molar-refractivity contribution is -0.157. The number of phenols is 2. The van der Waals surface area contributed by atoms with E-state index in [2.05, 4.69) is 22.5 Å². The number of phenolic OH excluding ortho intramolecular Hbond substituents is 2. The van der Waals surface area contributed by atoms with Gasteiger partial charge in [0.2, 0.25) is 11.8 Å². The van der Waals surface area contributed by atoms with Gasteiger partial charge < -0.3 is 36.0 Å². The van der Waals surface area contributed by atoms with E-state index in [4.69, 9.17) is 4.98 Å². The van der Waals surface area contributed by atoms with Crippen molar-refractivity contribution in [2.24, 2.45) is 0 Å². The van der Waals surface area contributed by atoms with Gasteiger partial charge in [-0.2, -0.15) is 0 Å². The van der Waals surface area contributed by atoms with Crippen LogP contribution in [0, 0.1) is 0 Å². The van der Waals surface area contributed by atoms with Gasteiger partial charge in [-0.15, -0.1) is 6.58 Å². The van der Waals surface area contributed by atoms with Crippen LogP contribution in [0.4, 0.5) is 4.79 Å². The summed E-state index contributed by atoms with van der Waals surface area (Å²) in [5.41, 5.74) is 3.74. The molecule has 0 aliphatic carbocycles. The molecule has 0 saturated carbocycles. The highest BCUT2D eigenvalue weighted by Gasteiger charge is 2.43. The van der Waals surface area contributed by atoms with Crippen molar-refractivity contribution in [3.63, 3.8) is 0 Å². The van der Waals surface area contributed by atoms with E-state index in [1.807, 2.05) is 48.5 Å². The third kappa shape index (κ3) is 8.74. The van der Waals surface area contributed by atoms with Gasteiger partial charge in [-0.3, -0.25) is 14.6 Å². The molecular weight excluding hydrogens is 596 g/mol. The first kappa shape index (κ1) is 32.7. The molecule has 5 rings (SSSR count). The van der Waals surface area contributed by atoms with E-state index >= 15 is 0 Å². The first-order chi connectivity index (χ1) is 22.8. The predicted molar refractivity (Wildman–Crippen MR) is 178 cm³/mol. The zero-order chi connectivity index (χ0) is 33.2. The summed E-state index contributed by atoms with van der Waals surface area (Å²) in [6.07, 6.45) is 0.938. The number of aromatic hydroxyl groups is 2. The van der Waals surface area contributed by atoms with Gasteiger partial charge >= 0.3 is 6.03 Å². The van der Waals surface area contributed by atoms with Crippen LogP contribution in [0.25, 0.3) is 11.3 Å². The molecule has 0 spiro atoms. The van der Waals surface area contributed by atoms with Crippen LogP contribution in [0.2, 0.25) is 0 Å². The van der Waals surface area contributed by atoms with E-state index in [0.29, 0.717) is 17.9 Å². The van der Waals surface area contributed by atoms with E-state index in [1.165, 1.54) is 17.0 Å². The Kier molecular flexibility index (Phi) is 10.8. The smallest absolute Gasteiger partial charge is 0.316 e. The molecule has 2 heterocycles. The van der Waals surface area contributed by atoms with Crippen LogP contribution >= 0.6 is 0 Å². The molecule has 3 aromatic carbocycles. The quantitative estimate of drug-likeness (QED) is 0.118. The van der Waals surface area contributed by atoms with Crippen molar-refractivity contribution >= 4 is 17.8 Å². The lowest BCUT2D eigenvalue weighted by Crippen LogP contribution is -2.69. The molecule has 4 amide bonds. The monoisotopic (exact) mass is 634 g/mol. The normalized spacial score (nSPS) is 16.0. The Bertz CT molecular complexity index is 1680. The number of hydrogen-bond acceptors (Lipinski definition) is 7. The molecule has 2 unspecified atom stereocenters. The highest BCUT2D eigenvalue weighted by Crippen LogP contribution is 2.25. The van der Waals surface area contributed by atoms with Crippen molar-refractivity contribution in [3.05, 3.63) is 127 Å². The molecule has 5 N–H and O–H groups in total. The number of nitrogens with one attached hydrogen (secondary N) is 3. The van der Waals surface area contributed by atoms with E-state index < -0.39 is 18.2 Å². The van der Waals surface area contributed by atoms with Crippen LogP contribution in [0.3, 0.4) is 0 Å². The largest absolute Gasteiger partial charge is 0.508 e. The molecule has 11 nitrogen and oxygen atoms in total. The SMILES string of the molecule is C=CCNCC(=O)N1C(NC(=O)NCc2ccccc2)CN(Cc2cccc(-c3ccc(O)cc3)n2)C(=O)C1Cc1ccc(O)cc1. The molecule has 0 radical (unpaired) electrons. The molecule has 1 saturated heterocycles. The van der Waals surface area contributed by atoms with Crippen LogP contribution in [0.15, 0.2) is 110 Å². The van der Waals surface area contributed by atoms with Gasteiger partial charge in [0.15, 0.2) is 0 Å². The average molecular weight is 635 g/mol. The Morgan fingerprint density at radius 2 is 1.60 bits per heavy atom. The maximum absolute atomic E-state index is 14.2. The molecule has 1 aliphatic rings. The summed E-state index contributed by atoms with van der Waals surface area (Å²) in [6.45, 7) is 4.46. The topological polar surface area (TPSA) is 147 Å². The number of urea groups is 1. The van der Waals surface area contributed by atoms with Crippen molar-refractivity contribution in [1.82, 2.24) is 30.7 Å². The number of aromatic nitrogens is 1. The Balaban J connectivity index is 1.44. The van der Waals surface area contributed by atoms with Gasteiger partial charge in [0, 0.05) is 25.1 Å². The molecule has 1 aliphatic heterocycles. The number of benzene rings is 3. The lowest BCUT2D eigenvalue weighted by Gasteiger charge is -2.46. The third-order valence-electron chi connectivity index (χ3n) is 7.80. The van der Waals surface area contributed by atoms with Crippen LogP contribution in [0.1, 0.15) is 16.8 Å². The Morgan fingerprint density at radius 1 is 0.894 bits per heavy atom. The van der Waals surface area contributed by atoms with Crippen molar-refractivity contribution in [2.45, 2.75) is 31.7 Å². The number of rotatable bonds is 12. The summed E-state index contributed by atoms with van der Waals surface area (Å²) in [4.78, 5) is 49.1. The average Bonchev–Trinajstić information content (AvgIpc) is 3.08. The van der Waals surface area contributed by atoms with Gasteiger partial charge in [-0.25, -0.2) is 4.79 Å². The third-order valence-corrected chi connectivity index (χ3v) is 7.80. The summed E-state index contributed by atoms with van der Waals surface area (Å²) < 4.78 is 0. The van der Waals surface area contributed by atoms with Crippen molar-refractivity contribution in [1.29, 1.82) is 0 Å². The fraction of sp³-hybridized carbons (Fsp3) is 0.222. The number of hydrogen-bond donors (Lipinski definition) is 5. The van der Waals surface area contributed by atoms with Crippen LogP contribution < -0.4 is 16.0 Å². The van der Waals surface area contributed by atoms with Crippen LogP contribution in [-0.4, -0.2) is 74.7 Å². The summed E-state index contributed by atoms with van der Waals surface area (Å²) in [5, 5.41) is 28.4. The highest BCUT2D eigenvalue weighted by molar-refractivity contribution is 5.91. The minimum absolute atomic E-state index is 0.0297. The lowest BCUT2D eigenvalue weighted by atomic mass is 9.99. The summed E-state index contributed by atoms with van der Waals surface area (Å²) in [7, 11) is 0. The second-order valence-corrected chi connectivity index (χ2v) is 11.2. The van der Waals surface area contributed by atoms with Gasteiger partial charge in [-0.05, 0) is 59.7 Å². The van der Waals surface area contributed by atoms with Gasteiger partial charge in [0.1, 0.15) is 23.7 Å². The second kappa shape index (κ2) is 15.5. The number of carbonyl (C=O) groups is 3. The zero-order valence-electron chi connectivity index (χ0n) is 25.9. The van der Waals surface area contributed by atoms with Crippen molar-refractivity contribution in [3.8, 4) is 22.8 Å². The van der Waals surface area contributed by atoms with E-state index in [9.17, 15) is 24.6 Å². The van der Waals surface area contributed by atoms with Gasteiger partial charge in [-0.1, -0.05) is 54.6 Å². The number of nitrogens with zero attached hydrogens (tertiary/aromatic N) is 3. The Hall–Kier alpha value is -5.68. The zero-order valence-corrected chi connectivity index (χ0v) is 25.9. The number of pyridine rings is 1. The first-order valence-corrected chi connectivity index (χ1v) is 15.3. The molecule has 1 fully saturated rings. The fourth-order valence-electron chi connectivity index (χ4n) is 5.49. The summed E-state index contributed by atoms with van der Waals surface area (Å²) in [5.74, 6) is -0.422. The Morgan fingerprint density at radius 3 is 2.30 bits per heavy atom. The molecule has 1 aromatic heterocycles. The standard InChI is InChI=1S/C36H38N6O5/c1-2-19-37-22-34(45)42-32(20-25-11-15-29(43)16-12-25)35(46)41(24-33(42)40-36(47)38-21-26-7-4-3-5-8-26)23-28-9-6-10-31(39-28)27-13-17-30(44)18-14-27/h2-18,32-33,37,43-44H,1,19-24H2,(H2,38,40,47). The molecule has 242 valence electrons. The van der Waals surface area contributed by atoms with Crippen molar-refractivity contribution < 1.29 is 24.6 Å². The molecule has 2 atom stereocenters. The maximum Gasteiger partial charge on any atom is 0.316 e. The van der Waals surface area contributed by atoms with Crippen molar-refractivity contribution in [2.75, 3.05) is 19.6 Å². The summed E-state index contributed by atoms with van der Waals surface area (Å²) in [6, 6.07) is 26.7. The van der Waals surface area contributed by atoms with E-state index in [1.54, 1.807) is 47.4 Å². The van der Waals surface area contributed by atoms with Gasteiger partial charge in [0.25, 0.3) is 0 Å². The predicted octanol–water partition coefficient (Wildman–Crippen LogP) is 3.54. The molecular formula is C36H38N6O5. The highest BCUT2D eigenvalue weighted by atomic mass is 16.3.